The number of halogens is 2. The van der Waals surface area contributed by atoms with Crippen molar-refractivity contribution in [2.75, 3.05) is 14.2 Å². The van der Waals surface area contributed by atoms with Gasteiger partial charge in [-0.1, -0.05) is 12.1 Å². The van der Waals surface area contributed by atoms with E-state index in [0.29, 0.717) is 22.4 Å². The largest absolute Gasteiger partial charge is 0.493 e. The molecule has 2 amide bonds. The third-order valence-corrected chi connectivity index (χ3v) is 7.17. The van der Waals surface area contributed by atoms with Crippen LogP contribution in [-0.4, -0.2) is 35.6 Å². The Hall–Kier alpha value is -5.78. The number of nitrogens with zero attached hydrogens (tertiary/aromatic N) is 2. The van der Waals surface area contributed by atoms with Crippen LogP contribution in [0.25, 0.3) is 33.3 Å². The fraction of sp³-hybridized carbons (Fsp3) is 0.152. The van der Waals surface area contributed by atoms with Gasteiger partial charge in [0, 0.05) is 29.3 Å². The second-order valence-electron chi connectivity index (χ2n) is 10.3. The number of aromatic nitrogens is 2. The van der Waals surface area contributed by atoms with E-state index in [0.717, 1.165) is 18.2 Å². The highest BCUT2D eigenvalue weighted by Gasteiger charge is 2.30. The van der Waals surface area contributed by atoms with Gasteiger partial charge in [-0.3, -0.25) is 19.4 Å². The van der Waals surface area contributed by atoms with E-state index in [1.165, 1.54) is 49.2 Å². The zero-order chi connectivity index (χ0) is 32.6. The second-order valence-corrected chi connectivity index (χ2v) is 10.3. The third-order valence-electron chi connectivity index (χ3n) is 7.17. The maximum Gasteiger partial charge on any atom is 0.266 e. The van der Waals surface area contributed by atoms with Crippen molar-refractivity contribution in [1.29, 1.82) is 0 Å². The number of hydrogen-bond donors (Lipinski definition) is 2. The van der Waals surface area contributed by atoms with Gasteiger partial charge >= 0.3 is 0 Å². The monoisotopic (exact) mass is 614 g/mol. The SMILES string of the molecule is COc1cc2nccc(Oc3ccc(-c4c(C(N)=O)c(=O)c(-c5ccc(F)cc5)c(C(N)=O)n4C(C)C)cc3F)c2cc1OC. The lowest BCUT2D eigenvalue weighted by molar-refractivity contribution is 0.0979. The number of carbonyl (C=O) groups excluding carboxylic acids is 2. The topological polar surface area (TPSA) is 149 Å². The molecular formula is C33H28F2N4O6. The number of benzene rings is 3. The van der Waals surface area contributed by atoms with Gasteiger partial charge in [0.25, 0.3) is 11.8 Å². The minimum Gasteiger partial charge on any atom is -0.493 e. The highest BCUT2D eigenvalue weighted by atomic mass is 19.1. The molecule has 3 aromatic carbocycles. The first-order valence-corrected chi connectivity index (χ1v) is 13.6. The summed E-state index contributed by atoms with van der Waals surface area (Å²) in [5, 5.41) is 0.519. The first-order chi connectivity index (χ1) is 21.5. The zero-order valence-corrected chi connectivity index (χ0v) is 24.7. The minimum absolute atomic E-state index is 0.0543. The molecule has 2 aromatic heterocycles. The number of primary amides is 2. The lowest BCUT2D eigenvalue weighted by Gasteiger charge is -2.25. The molecule has 5 rings (SSSR count). The number of rotatable bonds is 9. The van der Waals surface area contributed by atoms with Gasteiger partial charge in [0.1, 0.15) is 22.8 Å². The molecule has 230 valence electrons. The van der Waals surface area contributed by atoms with Gasteiger partial charge in [-0.15, -0.1) is 0 Å². The Morgan fingerprint density at radius 1 is 0.822 bits per heavy atom. The fourth-order valence-electron chi connectivity index (χ4n) is 5.23. The van der Waals surface area contributed by atoms with Crippen LogP contribution in [0.4, 0.5) is 8.78 Å². The van der Waals surface area contributed by atoms with Gasteiger partial charge in [0.15, 0.2) is 23.1 Å². The number of nitrogens with two attached hydrogens (primary N) is 2. The lowest BCUT2D eigenvalue weighted by atomic mass is 9.94. The summed E-state index contributed by atoms with van der Waals surface area (Å²) >= 11 is 0. The van der Waals surface area contributed by atoms with E-state index in [4.69, 9.17) is 25.7 Å². The first kappa shape index (κ1) is 30.7. The van der Waals surface area contributed by atoms with Crippen molar-refractivity contribution in [2.45, 2.75) is 19.9 Å². The average Bonchev–Trinajstić information content (AvgIpc) is 3.00. The molecule has 0 aliphatic heterocycles. The Morgan fingerprint density at radius 3 is 2.04 bits per heavy atom. The average molecular weight is 615 g/mol. The van der Waals surface area contributed by atoms with E-state index in [1.807, 2.05) is 0 Å². The number of amides is 2. The molecule has 0 spiro atoms. The van der Waals surface area contributed by atoms with Gasteiger partial charge in [-0.05, 0) is 61.9 Å². The molecule has 2 heterocycles. The summed E-state index contributed by atoms with van der Waals surface area (Å²) in [6.45, 7) is 3.37. The first-order valence-electron chi connectivity index (χ1n) is 13.6. The van der Waals surface area contributed by atoms with E-state index in [9.17, 15) is 18.8 Å². The molecule has 0 aliphatic rings. The quantitative estimate of drug-likeness (QED) is 0.220. The lowest BCUT2D eigenvalue weighted by Crippen LogP contribution is -2.33. The van der Waals surface area contributed by atoms with E-state index < -0.39 is 40.5 Å². The van der Waals surface area contributed by atoms with Crippen molar-refractivity contribution in [3.05, 3.63) is 100.0 Å². The van der Waals surface area contributed by atoms with E-state index in [1.54, 1.807) is 32.0 Å². The summed E-state index contributed by atoms with van der Waals surface area (Å²) in [5.74, 6) is -2.58. The molecule has 0 bridgehead atoms. The van der Waals surface area contributed by atoms with Crippen LogP contribution in [0.3, 0.4) is 0 Å². The second kappa shape index (κ2) is 12.1. The molecule has 0 saturated heterocycles. The maximum absolute atomic E-state index is 15.8. The molecule has 0 aliphatic carbocycles. The number of methoxy groups -OCH3 is 2. The van der Waals surface area contributed by atoms with Gasteiger partial charge in [0.05, 0.1) is 31.0 Å². The van der Waals surface area contributed by atoms with Crippen molar-refractivity contribution in [2.24, 2.45) is 11.5 Å². The highest BCUT2D eigenvalue weighted by Crippen LogP contribution is 2.39. The van der Waals surface area contributed by atoms with E-state index >= 15 is 4.39 Å². The van der Waals surface area contributed by atoms with Crippen molar-refractivity contribution in [1.82, 2.24) is 9.55 Å². The molecule has 12 heteroatoms. The van der Waals surface area contributed by atoms with Crippen LogP contribution in [-0.2, 0) is 0 Å². The molecule has 4 N–H and O–H groups in total. The fourth-order valence-corrected chi connectivity index (χ4v) is 5.23. The number of ether oxygens (including phenoxy) is 3. The molecule has 0 saturated carbocycles. The van der Waals surface area contributed by atoms with Crippen LogP contribution in [0.1, 0.15) is 40.7 Å². The smallest absolute Gasteiger partial charge is 0.266 e. The standard InChI is InChI=1S/C33H28F2N4O6/c1-16(2)39-29(28(32(36)41)31(40)27(30(39)33(37)42)17-5-8-19(34)9-6-17)18-7-10-24(21(35)13-18)45-23-11-12-38-22-15-26(44-4)25(43-3)14-20(22)23/h5-16H,1-4H3,(H2,36,41)(H2,37,42). The van der Waals surface area contributed by atoms with Crippen molar-refractivity contribution in [3.63, 3.8) is 0 Å². The Bertz CT molecular complexity index is 2040. The summed E-state index contributed by atoms with van der Waals surface area (Å²) in [6.07, 6.45) is 1.49. The third kappa shape index (κ3) is 5.53. The predicted molar refractivity (Wildman–Crippen MR) is 164 cm³/mol. The van der Waals surface area contributed by atoms with Crippen LogP contribution < -0.4 is 31.1 Å². The van der Waals surface area contributed by atoms with Gasteiger partial charge in [-0.25, -0.2) is 8.78 Å². The van der Waals surface area contributed by atoms with Crippen molar-refractivity contribution >= 4 is 22.7 Å². The van der Waals surface area contributed by atoms with Gasteiger partial charge in [-0.2, -0.15) is 0 Å². The molecule has 45 heavy (non-hydrogen) atoms. The predicted octanol–water partition coefficient (Wildman–Crippen LogP) is 5.60. The molecule has 0 unspecified atom stereocenters. The van der Waals surface area contributed by atoms with Crippen LogP contribution in [0.15, 0.2) is 71.7 Å². The summed E-state index contributed by atoms with van der Waals surface area (Å²) in [5.41, 5.74) is 10.2. The van der Waals surface area contributed by atoms with Crippen LogP contribution in [0, 0.1) is 11.6 Å². The van der Waals surface area contributed by atoms with Gasteiger partial charge < -0.3 is 30.2 Å². The Balaban J connectivity index is 1.71. The molecule has 0 fully saturated rings. The van der Waals surface area contributed by atoms with Crippen molar-refractivity contribution in [3.8, 4) is 45.4 Å². The normalized spacial score (nSPS) is 11.1. The van der Waals surface area contributed by atoms with Crippen LogP contribution >= 0.6 is 0 Å². The van der Waals surface area contributed by atoms with Gasteiger partial charge in [0.2, 0.25) is 5.43 Å². The number of carbonyl (C=O) groups is 2. The molecular weight excluding hydrogens is 586 g/mol. The van der Waals surface area contributed by atoms with E-state index in [-0.39, 0.29) is 39.6 Å². The van der Waals surface area contributed by atoms with Crippen LogP contribution in [0.5, 0.6) is 23.0 Å². The summed E-state index contributed by atoms with van der Waals surface area (Å²) < 4.78 is 47.5. The number of hydrogen-bond acceptors (Lipinski definition) is 7. The summed E-state index contributed by atoms with van der Waals surface area (Å²) in [6, 6.07) is 12.9. The minimum atomic E-state index is -1.11. The van der Waals surface area contributed by atoms with Crippen LogP contribution in [0.2, 0.25) is 0 Å². The Morgan fingerprint density at radius 2 is 1.47 bits per heavy atom. The molecule has 0 atom stereocenters. The Labute approximate surface area is 255 Å². The zero-order valence-electron chi connectivity index (χ0n) is 24.7. The van der Waals surface area contributed by atoms with E-state index in [2.05, 4.69) is 4.98 Å². The van der Waals surface area contributed by atoms with Crippen molar-refractivity contribution < 1.29 is 32.6 Å². The summed E-state index contributed by atoms with van der Waals surface area (Å²) in [4.78, 5) is 43.9. The summed E-state index contributed by atoms with van der Waals surface area (Å²) in [7, 11) is 2.97. The molecule has 5 aromatic rings. The highest BCUT2D eigenvalue weighted by molar-refractivity contribution is 6.05. The number of pyridine rings is 2. The molecule has 0 radical (unpaired) electrons. The molecule has 10 nitrogen and oxygen atoms in total. The maximum atomic E-state index is 15.8. The number of fused-ring (bicyclic) bond motifs is 1. The Kier molecular flexibility index (Phi) is 8.23.